The zero-order valence-corrected chi connectivity index (χ0v) is 18.5. The lowest BCUT2D eigenvalue weighted by Crippen LogP contribution is -2.39. The molecule has 4 heteroatoms. The lowest BCUT2D eigenvalue weighted by molar-refractivity contribution is 0.0693. The van der Waals surface area contributed by atoms with Gasteiger partial charge in [0.15, 0.2) is 0 Å². The van der Waals surface area contributed by atoms with Gasteiger partial charge in [0.25, 0.3) is 5.91 Å². The SMILES string of the molecule is Cc1ccc(C(=O)N(C)C2CCCCC2)c(C2CCN(Cc3ccccc3)CC2)n1. The highest BCUT2D eigenvalue weighted by molar-refractivity contribution is 5.95. The Labute approximate surface area is 181 Å². The normalized spacial score (nSPS) is 19.0. The minimum atomic E-state index is 0.163. The highest BCUT2D eigenvalue weighted by Crippen LogP contribution is 2.31. The molecule has 160 valence electrons. The highest BCUT2D eigenvalue weighted by atomic mass is 16.2. The Morgan fingerprint density at radius 2 is 1.70 bits per heavy atom. The van der Waals surface area contributed by atoms with Crippen molar-refractivity contribution in [1.29, 1.82) is 0 Å². The van der Waals surface area contributed by atoms with Crippen LogP contribution in [0.25, 0.3) is 0 Å². The second kappa shape index (κ2) is 9.74. The molecule has 2 fully saturated rings. The first kappa shape index (κ1) is 21.0. The summed E-state index contributed by atoms with van der Waals surface area (Å²) in [6, 6.07) is 15.1. The summed E-state index contributed by atoms with van der Waals surface area (Å²) in [6.07, 6.45) is 8.18. The summed E-state index contributed by atoms with van der Waals surface area (Å²) in [6.45, 7) is 5.15. The Bertz CT molecular complexity index is 837. The molecule has 1 amide bonds. The summed E-state index contributed by atoms with van der Waals surface area (Å²) in [4.78, 5) is 22.8. The molecule has 4 rings (SSSR count). The predicted molar refractivity (Wildman–Crippen MR) is 122 cm³/mol. The first-order chi connectivity index (χ1) is 14.6. The maximum absolute atomic E-state index is 13.4. The lowest BCUT2D eigenvalue weighted by atomic mass is 9.89. The van der Waals surface area contributed by atoms with Crippen molar-refractivity contribution in [3.05, 3.63) is 65.0 Å². The molecule has 1 aliphatic carbocycles. The molecule has 0 atom stereocenters. The molecule has 2 aliphatic rings. The number of rotatable bonds is 5. The average molecular weight is 406 g/mol. The van der Waals surface area contributed by atoms with Crippen molar-refractivity contribution in [3.8, 4) is 0 Å². The number of piperidine rings is 1. The van der Waals surface area contributed by atoms with E-state index in [1.54, 1.807) is 0 Å². The maximum atomic E-state index is 13.4. The van der Waals surface area contributed by atoms with E-state index in [9.17, 15) is 4.79 Å². The van der Waals surface area contributed by atoms with Crippen LogP contribution in [0.5, 0.6) is 0 Å². The van der Waals surface area contributed by atoms with Crippen LogP contribution in [0, 0.1) is 6.92 Å². The fourth-order valence-corrected chi connectivity index (χ4v) is 5.10. The van der Waals surface area contributed by atoms with Crippen LogP contribution < -0.4 is 0 Å². The summed E-state index contributed by atoms with van der Waals surface area (Å²) in [5.74, 6) is 0.534. The van der Waals surface area contributed by atoms with Crippen molar-refractivity contribution < 1.29 is 4.79 Å². The highest BCUT2D eigenvalue weighted by Gasteiger charge is 2.29. The number of amides is 1. The van der Waals surface area contributed by atoms with Gasteiger partial charge in [-0.15, -0.1) is 0 Å². The van der Waals surface area contributed by atoms with Crippen molar-refractivity contribution in [2.24, 2.45) is 0 Å². The van der Waals surface area contributed by atoms with Crippen molar-refractivity contribution in [1.82, 2.24) is 14.8 Å². The van der Waals surface area contributed by atoms with Crippen molar-refractivity contribution >= 4 is 5.91 Å². The number of benzene rings is 1. The molecule has 1 aromatic carbocycles. The first-order valence-electron chi connectivity index (χ1n) is 11.6. The van der Waals surface area contributed by atoms with Crippen LogP contribution in [0.3, 0.4) is 0 Å². The van der Waals surface area contributed by atoms with Crippen LogP contribution >= 0.6 is 0 Å². The van der Waals surface area contributed by atoms with E-state index < -0.39 is 0 Å². The predicted octanol–water partition coefficient (Wildman–Crippen LogP) is 5.17. The number of hydrogen-bond donors (Lipinski definition) is 0. The molecule has 0 spiro atoms. The number of likely N-dealkylation sites (tertiary alicyclic amines) is 1. The van der Waals surface area contributed by atoms with Crippen LogP contribution in [0.4, 0.5) is 0 Å². The molecule has 2 aromatic rings. The van der Waals surface area contributed by atoms with Crippen molar-refractivity contribution in [2.45, 2.75) is 70.4 Å². The minimum absolute atomic E-state index is 0.163. The van der Waals surface area contributed by atoms with Crippen molar-refractivity contribution in [2.75, 3.05) is 20.1 Å². The van der Waals surface area contributed by atoms with E-state index in [0.29, 0.717) is 12.0 Å². The zero-order chi connectivity index (χ0) is 20.9. The molecular formula is C26H35N3O. The summed E-state index contributed by atoms with van der Waals surface area (Å²) >= 11 is 0. The molecule has 0 N–H and O–H groups in total. The largest absolute Gasteiger partial charge is 0.339 e. The van der Waals surface area contributed by atoms with Gasteiger partial charge in [0.1, 0.15) is 0 Å². The number of carbonyl (C=O) groups excluding carboxylic acids is 1. The van der Waals surface area contributed by atoms with E-state index in [1.165, 1.54) is 24.8 Å². The van der Waals surface area contributed by atoms with Gasteiger partial charge in [-0.2, -0.15) is 0 Å². The fraction of sp³-hybridized carbons (Fsp3) is 0.538. The van der Waals surface area contributed by atoms with Gasteiger partial charge >= 0.3 is 0 Å². The van der Waals surface area contributed by atoms with Gasteiger partial charge in [0.05, 0.1) is 11.3 Å². The summed E-state index contributed by atoms with van der Waals surface area (Å²) < 4.78 is 0. The molecule has 0 radical (unpaired) electrons. The second-order valence-corrected chi connectivity index (χ2v) is 9.13. The van der Waals surface area contributed by atoms with Crippen LogP contribution in [0.1, 0.15) is 78.2 Å². The van der Waals surface area contributed by atoms with E-state index in [4.69, 9.17) is 4.98 Å². The Morgan fingerprint density at radius 3 is 2.40 bits per heavy atom. The molecule has 1 saturated carbocycles. The third kappa shape index (κ3) is 4.92. The van der Waals surface area contributed by atoms with E-state index in [2.05, 4.69) is 35.2 Å². The fourth-order valence-electron chi connectivity index (χ4n) is 5.10. The van der Waals surface area contributed by atoms with Crippen LogP contribution in [0.2, 0.25) is 0 Å². The van der Waals surface area contributed by atoms with E-state index in [1.807, 2.05) is 31.0 Å². The second-order valence-electron chi connectivity index (χ2n) is 9.13. The molecule has 1 aromatic heterocycles. The third-order valence-electron chi connectivity index (χ3n) is 6.96. The van der Waals surface area contributed by atoms with Crippen molar-refractivity contribution in [3.63, 3.8) is 0 Å². The van der Waals surface area contributed by atoms with Crippen LogP contribution in [0.15, 0.2) is 42.5 Å². The molecule has 4 nitrogen and oxygen atoms in total. The molecule has 1 aliphatic heterocycles. The topological polar surface area (TPSA) is 36.4 Å². The molecule has 0 bridgehead atoms. The standard InChI is InChI=1S/C26H35N3O/c1-20-13-14-24(26(30)28(2)23-11-7-4-8-12-23)25(27-20)22-15-17-29(18-16-22)19-21-9-5-3-6-10-21/h3,5-6,9-10,13-14,22-23H,4,7-8,11-12,15-19H2,1-2H3. The third-order valence-corrected chi connectivity index (χ3v) is 6.96. The maximum Gasteiger partial charge on any atom is 0.255 e. The number of nitrogens with zero attached hydrogens (tertiary/aromatic N) is 3. The molecule has 30 heavy (non-hydrogen) atoms. The number of aromatic nitrogens is 1. The number of pyridine rings is 1. The summed E-state index contributed by atoms with van der Waals surface area (Å²) in [7, 11) is 1.99. The lowest BCUT2D eigenvalue weighted by Gasteiger charge is -2.34. The van der Waals surface area contributed by atoms with Gasteiger partial charge in [-0.05, 0) is 63.4 Å². The summed E-state index contributed by atoms with van der Waals surface area (Å²) in [5.41, 5.74) is 4.24. The Kier molecular flexibility index (Phi) is 6.83. The van der Waals surface area contributed by atoms with Gasteiger partial charge < -0.3 is 4.90 Å². The Balaban J connectivity index is 1.45. The molecular weight excluding hydrogens is 370 g/mol. The average Bonchev–Trinajstić information content (AvgIpc) is 2.80. The number of carbonyl (C=O) groups is 1. The first-order valence-corrected chi connectivity index (χ1v) is 11.6. The zero-order valence-electron chi connectivity index (χ0n) is 18.5. The molecule has 0 unspecified atom stereocenters. The minimum Gasteiger partial charge on any atom is -0.339 e. The van der Waals surface area contributed by atoms with Gasteiger partial charge in [0, 0.05) is 31.2 Å². The van der Waals surface area contributed by atoms with Gasteiger partial charge in [-0.25, -0.2) is 0 Å². The smallest absolute Gasteiger partial charge is 0.255 e. The van der Waals surface area contributed by atoms with Gasteiger partial charge in [-0.1, -0.05) is 49.6 Å². The van der Waals surface area contributed by atoms with Gasteiger partial charge in [0.2, 0.25) is 0 Å². The number of aryl methyl sites for hydroxylation is 1. The van der Waals surface area contributed by atoms with E-state index >= 15 is 0 Å². The monoisotopic (exact) mass is 405 g/mol. The number of hydrogen-bond acceptors (Lipinski definition) is 3. The molecule has 2 heterocycles. The van der Waals surface area contributed by atoms with E-state index in [0.717, 1.165) is 62.3 Å². The summed E-state index contributed by atoms with van der Waals surface area (Å²) in [5, 5.41) is 0. The van der Waals surface area contributed by atoms with Gasteiger partial charge in [-0.3, -0.25) is 14.7 Å². The van der Waals surface area contributed by atoms with Crippen LogP contribution in [-0.4, -0.2) is 46.9 Å². The Morgan fingerprint density at radius 1 is 1.00 bits per heavy atom. The quantitative estimate of drug-likeness (QED) is 0.688. The Hall–Kier alpha value is -2.20. The van der Waals surface area contributed by atoms with Crippen LogP contribution in [-0.2, 0) is 6.54 Å². The van der Waals surface area contributed by atoms with E-state index in [-0.39, 0.29) is 5.91 Å². The molecule has 1 saturated heterocycles.